The summed E-state index contributed by atoms with van der Waals surface area (Å²) in [6.45, 7) is 5.04. The summed E-state index contributed by atoms with van der Waals surface area (Å²) in [7, 11) is 0. The van der Waals surface area contributed by atoms with Crippen molar-refractivity contribution in [3.05, 3.63) is 68.2 Å². The number of carbonyl (C=O) groups excluding carboxylic acids is 1. The molecule has 0 N–H and O–H groups in total. The largest absolute Gasteiger partial charge is 0.372 e. The second-order valence-corrected chi connectivity index (χ2v) is 7.37. The summed E-state index contributed by atoms with van der Waals surface area (Å²) in [5.41, 5.74) is 1.25. The van der Waals surface area contributed by atoms with Crippen LogP contribution in [0.3, 0.4) is 0 Å². The maximum atomic E-state index is 12.7. The van der Waals surface area contributed by atoms with Gasteiger partial charge < -0.3 is 9.64 Å². The van der Waals surface area contributed by atoms with Crippen molar-refractivity contribution in [2.75, 3.05) is 18.0 Å². The molecule has 6 nitrogen and oxygen atoms in total. The highest BCUT2D eigenvalue weighted by Crippen LogP contribution is 2.32. The number of ketones is 1. The first kappa shape index (κ1) is 18.5. The minimum absolute atomic E-state index is 0.0116. The van der Waals surface area contributed by atoms with Gasteiger partial charge in [0, 0.05) is 34.8 Å². The van der Waals surface area contributed by atoms with Crippen molar-refractivity contribution in [1.82, 2.24) is 0 Å². The van der Waals surface area contributed by atoms with Crippen molar-refractivity contribution in [3.63, 3.8) is 0 Å². The van der Waals surface area contributed by atoms with Gasteiger partial charge in [-0.05, 0) is 50.2 Å². The number of rotatable bonds is 4. The average molecular weight is 419 g/mol. The van der Waals surface area contributed by atoms with Crippen molar-refractivity contribution in [2.24, 2.45) is 0 Å². The van der Waals surface area contributed by atoms with Gasteiger partial charge in [0.15, 0.2) is 5.78 Å². The first-order valence-electron chi connectivity index (χ1n) is 8.34. The van der Waals surface area contributed by atoms with E-state index in [2.05, 4.69) is 15.9 Å². The predicted octanol–water partition coefficient (Wildman–Crippen LogP) is 4.20. The zero-order valence-corrected chi connectivity index (χ0v) is 16.1. The molecule has 0 aromatic heterocycles. The van der Waals surface area contributed by atoms with Gasteiger partial charge in [-0.2, -0.15) is 0 Å². The number of morpholine rings is 1. The van der Waals surface area contributed by atoms with Gasteiger partial charge in [-0.15, -0.1) is 0 Å². The Labute approximate surface area is 160 Å². The third-order valence-electron chi connectivity index (χ3n) is 4.30. The highest BCUT2D eigenvalue weighted by molar-refractivity contribution is 9.10. The number of hydrogen-bond acceptors (Lipinski definition) is 5. The second-order valence-electron chi connectivity index (χ2n) is 6.46. The topological polar surface area (TPSA) is 72.7 Å². The number of benzene rings is 2. The molecule has 1 fully saturated rings. The predicted molar refractivity (Wildman–Crippen MR) is 103 cm³/mol. The van der Waals surface area contributed by atoms with Crippen molar-refractivity contribution >= 4 is 33.1 Å². The van der Waals surface area contributed by atoms with Crippen LogP contribution >= 0.6 is 15.9 Å². The van der Waals surface area contributed by atoms with Gasteiger partial charge in [-0.25, -0.2) is 0 Å². The molecule has 0 radical (unpaired) electrons. The molecule has 2 aromatic carbocycles. The van der Waals surface area contributed by atoms with Gasteiger partial charge in [0.25, 0.3) is 5.69 Å². The zero-order valence-electron chi connectivity index (χ0n) is 14.5. The number of anilines is 1. The van der Waals surface area contributed by atoms with Gasteiger partial charge in [0.05, 0.1) is 17.1 Å². The molecule has 1 saturated heterocycles. The Balaban J connectivity index is 1.95. The summed E-state index contributed by atoms with van der Waals surface area (Å²) in [6, 6.07) is 11.6. The van der Waals surface area contributed by atoms with E-state index in [0.717, 1.165) is 4.47 Å². The number of nitro benzene ring substituents is 1. The summed E-state index contributed by atoms with van der Waals surface area (Å²) in [5.74, 6) is -0.240. The van der Waals surface area contributed by atoms with Crippen LogP contribution in [0.5, 0.6) is 0 Å². The standard InChI is InChI=1S/C19H19BrN2O4/c1-12-10-21(11-13(2)26-12)17-8-5-15(9-18(17)22(24)25)19(23)14-3-6-16(20)7-4-14/h3-9,12-13H,10-11H2,1-2H3/t12-,13+. The molecule has 2 aromatic rings. The molecule has 0 aliphatic carbocycles. The van der Waals surface area contributed by atoms with Crippen molar-refractivity contribution in [3.8, 4) is 0 Å². The second kappa shape index (κ2) is 7.55. The van der Waals surface area contributed by atoms with E-state index >= 15 is 0 Å². The molecule has 1 aliphatic heterocycles. The van der Waals surface area contributed by atoms with Crippen LogP contribution in [0.4, 0.5) is 11.4 Å². The number of ether oxygens (including phenoxy) is 1. The average Bonchev–Trinajstić information content (AvgIpc) is 2.60. The Morgan fingerprint density at radius 1 is 1.12 bits per heavy atom. The molecule has 1 aliphatic rings. The van der Waals surface area contributed by atoms with E-state index in [-0.39, 0.29) is 23.7 Å². The van der Waals surface area contributed by atoms with Crippen molar-refractivity contribution in [1.29, 1.82) is 0 Å². The lowest BCUT2D eigenvalue weighted by Crippen LogP contribution is -2.45. The SMILES string of the molecule is C[C@@H]1CN(c2ccc(C(=O)c3ccc(Br)cc3)cc2[N+](=O)[O-])C[C@H](C)O1. The minimum atomic E-state index is -0.432. The quantitative estimate of drug-likeness (QED) is 0.422. The van der Waals surface area contributed by atoms with Crippen LogP contribution in [0, 0.1) is 10.1 Å². The van der Waals surface area contributed by atoms with E-state index in [4.69, 9.17) is 4.74 Å². The molecule has 3 rings (SSSR count). The number of hydrogen-bond donors (Lipinski definition) is 0. The van der Waals surface area contributed by atoms with Crippen molar-refractivity contribution < 1.29 is 14.5 Å². The number of nitro groups is 1. The Morgan fingerprint density at radius 3 is 2.27 bits per heavy atom. The molecule has 2 atom stereocenters. The highest BCUT2D eigenvalue weighted by atomic mass is 79.9. The monoisotopic (exact) mass is 418 g/mol. The molecule has 7 heteroatoms. The molecule has 0 amide bonds. The van der Waals surface area contributed by atoms with E-state index in [1.807, 2.05) is 18.7 Å². The van der Waals surface area contributed by atoms with Crippen LogP contribution in [0.25, 0.3) is 0 Å². The fraction of sp³-hybridized carbons (Fsp3) is 0.316. The molecule has 136 valence electrons. The molecule has 26 heavy (non-hydrogen) atoms. The fourth-order valence-electron chi connectivity index (χ4n) is 3.22. The summed E-state index contributed by atoms with van der Waals surface area (Å²) < 4.78 is 6.56. The Hall–Kier alpha value is -2.25. The van der Waals surface area contributed by atoms with Gasteiger partial charge in [0.1, 0.15) is 5.69 Å². The van der Waals surface area contributed by atoms with Crippen LogP contribution in [-0.2, 0) is 4.74 Å². The Bertz CT molecular complexity index is 828. The number of carbonyl (C=O) groups is 1. The minimum Gasteiger partial charge on any atom is -0.372 e. The van der Waals surface area contributed by atoms with Crippen LogP contribution in [0.2, 0.25) is 0 Å². The van der Waals surface area contributed by atoms with Gasteiger partial charge in [-0.3, -0.25) is 14.9 Å². The normalized spacial score (nSPS) is 20.0. The number of nitrogens with zero attached hydrogens (tertiary/aromatic N) is 2. The van der Waals surface area contributed by atoms with Gasteiger partial charge in [0.2, 0.25) is 0 Å². The summed E-state index contributed by atoms with van der Waals surface area (Å²) >= 11 is 3.33. The van der Waals surface area contributed by atoms with E-state index in [0.29, 0.717) is 29.9 Å². The van der Waals surface area contributed by atoms with E-state index in [9.17, 15) is 14.9 Å². The Morgan fingerprint density at radius 2 is 1.69 bits per heavy atom. The smallest absolute Gasteiger partial charge is 0.293 e. The fourth-order valence-corrected chi connectivity index (χ4v) is 3.49. The summed E-state index contributed by atoms with van der Waals surface area (Å²) in [6.07, 6.45) is -0.0233. The molecule has 0 saturated carbocycles. The van der Waals surface area contributed by atoms with Crippen molar-refractivity contribution in [2.45, 2.75) is 26.1 Å². The zero-order chi connectivity index (χ0) is 18.8. The van der Waals surface area contributed by atoms with Gasteiger partial charge >= 0.3 is 0 Å². The third kappa shape index (κ3) is 3.94. The molecule has 1 heterocycles. The van der Waals surface area contributed by atoms with Gasteiger partial charge in [-0.1, -0.05) is 15.9 Å². The lowest BCUT2D eigenvalue weighted by molar-refractivity contribution is -0.384. The first-order chi connectivity index (χ1) is 12.3. The molecular formula is C19H19BrN2O4. The van der Waals surface area contributed by atoms with E-state index in [1.54, 1.807) is 36.4 Å². The molecule has 0 bridgehead atoms. The lowest BCUT2D eigenvalue weighted by Gasteiger charge is -2.36. The Kier molecular flexibility index (Phi) is 5.38. The van der Waals surface area contributed by atoms with Crippen LogP contribution in [0.15, 0.2) is 46.9 Å². The summed E-state index contributed by atoms with van der Waals surface area (Å²) in [4.78, 5) is 25.8. The molecule has 0 spiro atoms. The molecular weight excluding hydrogens is 400 g/mol. The van der Waals surface area contributed by atoms with Crippen LogP contribution in [-0.4, -0.2) is 36.0 Å². The number of halogens is 1. The lowest BCUT2D eigenvalue weighted by atomic mass is 10.0. The van der Waals surface area contributed by atoms with E-state index in [1.165, 1.54) is 6.07 Å². The summed E-state index contributed by atoms with van der Waals surface area (Å²) in [5, 5.41) is 11.6. The van der Waals surface area contributed by atoms with Crippen LogP contribution in [0.1, 0.15) is 29.8 Å². The maximum absolute atomic E-state index is 12.7. The first-order valence-corrected chi connectivity index (χ1v) is 9.13. The van der Waals surface area contributed by atoms with E-state index < -0.39 is 4.92 Å². The third-order valence-corrected chi connectivity index (χ3v) is 4.83. The highest BCUT2D eigenvalue weighted by Gasteiger charge is 2.28. The van der Waals surface area contributed by atoms with Crippen LogP contribution < -0.4 is 4.90 Å². The maximum Gasteiger partial charge on any atom is 0.293 e. The molecule has 0 unspecified atom stereocenters.